The fourth-order valence-corrected chi connectivity index (χ4v) is 1.16. The molecular weight excluding hydrogens is 188 g/mol. The van der Waals surface area contributed by atoms with Crippen LogP contribution in [0.5, 0.6) is 0 Å². The molecule has 2 N–H and O–H groups in total. The first-order chi connectivity index (χ1) is 5.16. The minimum atomic E-state index is -0.526. The van der Waals surface area contributed by atoms with Crippen molar-refractivity contribution in [3.8, 4) is 0 Å². The van der Waals surface area contributed by atoms with Crippen molar-refractivity contribution >= 4 is 23.2 Å². The molecule has 1 aromatic carbocycles. The van der Waals surface area contributed by atoms with Crippen molar-refractivity contribution in [2.24, 2.45) is 5.73 Å². The molecule has 1 nitrogen and oxygen atoms in total. The third-order valence-electron chi connectivity index (χ3n) is 1.34. The van der Waals surface area contributed by atoms with Gasteiger partial charge in [-0.3, -0.25) is 0 Å². The summed E-state index contributed by atoms with van der Waals surface area (Å²) in [6, 6.07) is 2.92. The summed E-state index contributed by atoms with van der Waals surface area (Å²) in [7, 11) is 0. The lowest BCUT2D eigenvalue weighted by Crippen LogP contribution is -2.00. The van der Waals surface area contributed by atoms with E-state index in [-0.39, 0.29) is 17.1 Å². The van der Waals surface area contributed by atoms with Gasteiger partial charge in [-0.15, -0.1) is 0 Å². The van der Waals surface area contributed by atoms with Gasteiger partial charge in [0, 0.05) is 17.1 Å². The highest BCUT2D eigenvalue weighted by atomic mass is 35.5. The molecule has 0 spiro atoms. The zero-order chi connectivity index (χ0) is 8.43. The highest BCUT2D eigenvalue weighted by molar-refractivity contribution is 6.33. The van der Waals surface area contributed by atoms with Crippen molar-refractivity contribution in [2.45, 2.75) is 6.54 Å². The number of hydrogen-bond acceptors (Lipinski definition) is 1. The van der Waals surface area contributed by atoms with E-state index >= 15 is 0 Å². The summed E-state index contributed by atoms with van der Waals surface area (Å²) in [5.41, 5.74) is 5.50. The van der Waals surface area contributed by atoms with Crippen molar-refractivity contribution in [1.29, 1.82) is 0 Å². The summed E-state index contributed by atoms with van der Waals surface area (Å²) in [6.07, 6.45) is 0. The highest BCUT2D eigenvalue weighted by Gasteiger charge is 2.08. The number of benzene rings is 1. The predicted octanol–water partition coefficient (Wildman–Crippen LogP) is 2.59. The van der Waals surface area contributed by atoms with Crippen LogP contribution >= 0.6 is 23.2 Å². The molecule has 1 aromatic rings. The Bertz CT molecular complexity index is 275. The van der Waals surface area contributed by atoms with Crippen LogP contribution in [0.1, 0.15) is 5.56 Å². The number of halogens is 3. The van der Waals surface area contributed by atoms with Crippen molar-refractivity contribution in [1.82, 2.24) is 0 Å². The average molecular weight is 194 g/mol. The quantitative estimate of drug-likeness (QED) is 0.683. The molecule has 60 valence electrons. The Morgan fingerprint density at radius 3 is 2.27 bits per heavy atom. The van der Waals surface area contributed by atoms with Crippen molar-refractivity contribution in [2.75, 3.05) is 0 Å². The van der Waals surface area contributed by atoms with E-state index in [1.807, 2.05) is 0 Å². The molecule has 11 heavy (non-hydrogen) atoms. The van der Waals surface area contributed by atoms with Gasteiger partial charge in [-0.25, -0.2) is 4.39 Å². The van der Waals surface area contributed by atoms with Crippen molar-refractivity contribution in [3.05, 3.63) is 33.6 Å². The SMILES string of the molecule is NCc1c(Cl)ccc(Cl)c1F. The maximum Gasteiger partial charge on any atom is 0.147 e. The summed E-state index contributed by atoms with van der Waals surface area (Å²) < 4.78 is 13.0. The lowest BCUT2D eigenvalue weighted by Gasteiger charge is -2.02. The Morgan fingerprint density at radius 1 is 1.27 bits per heavy atom. The number of hydrogen-bond donors (Lipinski definition) is 1. The first kappa shape index (κ1) is 8.78. The molecule has 4 heteroatoms. The fourth-order valence-electron chi connectivity index (χ4n) is 0.756. The Morgan fingerprint density at radius 2 is 1.82 bits per heavy atom. The van der Waals surface area contributed by atoms with Gasteiger partial charge in [0.25, 0.3) is 0 Å². The smallest absolute Gasteiger partial charge is 0.147 e. The van der Waals surface area contributed by atoms with E-state index in [0.29, 0.717) is 5.02 Å². The van der Waals surface area contributed by atoms with Crippen molar-refractivity contribution in [3.63, 3.8) is 0 Å². The monoisotopic (exact) mass is 193 g/mol. The summed E-state index contributed by atoms with van der Waals surface area (Å²) in [5.74, 6) is -0.526. The molecular formula is C7H6Cl2FN. The molecule has 0 fully saturated rings. The molecule has 0 saturated heterocycles. The van der Waals surface area contributed by atoms with Crippen LogP contribution < -0.4 is 5.73 Å². The lowest BCUT2D eigenvalue weighted by atomic mass is 10.2. The zero-order valence-corrected chi connectivity index (χ0v) is 7.08. The topological polar surface area (TPSA) is 26.0 Å². The van der Waals surface area contributed by atoms with Gasteiger partial charge in [0.15, 0.2) is 0 Å². The van der Waals surface area contributed by atoms with Crippen LogP contribution in [0, 0.1) is 5.82 Å². The van der Waals surface area contributed by atoms with Crippen LogP contribution in [-0.4, -0.2) is 0 Å². The number of nitrogens with two attached hydrogens (primary N) is 1. The second kappa shape index (κ2) is 3.39. The van der Waals surface area contributed by atoms with Gasteiger partial charge >= 0.3 is 0 Å². The normalized spacial score (nSPS) is 10.2. The zero-order valence-electron chi connectivity index (χ0n) is 5.57. The molecule has 0 heterocycles. The Kier molecular flexibility index (Phi) is 2.71. The van der Waals surface area contributed by atoms with Gasteiger partial charge in [0.05, 0.1) is 5.02 Å². The third kappa shape index (κ3) is 1.64. The standard InChI is InChI=1S/C7H6Cl2FN/c8-5-1-2-6(9)7(10)4(5)3-11/h1-2H,3,11H2. The van der Waals surface area contributed by atoms with Gasteiger partial charge in [-0.05, 0) is 12.1 Å². The second-order valence-corrected chi connectivity index (χ2v) is 2.84. The van der Waals surface area contributed by atoms with Crippen LogP contribution in [0.4, 0.5) is 4.39 Å². The van der Waals surface area contributed by atoms with Gasteiger partial charge in [0.2, 0.25) is 0 Å². The highest BCUT2D eigenvalue weighted by Crippen LogP contribution is 2.24. The van der Waals surface area contributed by atoms with E-state index in [0.717, 1.165) is 0 Å². The lowest BCUT2D eigenvalue weighted by molar-refractivity contribution is 0.611. The minimum absolute atomic E-state index is 0.0508. The van der Waals surface area contributed by atoms with E-state index < -0.39 is 5.82 Å². The molecule has 0 aliphatic rings. The van der Waals surface area contributed by atoms with Crippen molar-refractivity contribution < 1.29 is 4.39 Å². The Hall–Kier alpha value is -0.310. The van der Waals surface area contributed by atoms with E-state index in [1.165, 1.54) is 12.1 Å². The Balaban J connectivity index is 3.29. The van der Waals surface area contributed by atoms with Crippen LogP contribution in [0.25, 0.3) is 0 Å². The molecule has 0 atom stereocenters. The predicted molar refractivity (Wildman–Crippen MR) is 44.3 cm³/mol. The summed E-state index contributed by atoms with van der Waals surface area (Å²) in [4.78, 5) is 0. The Labute approximate surface area is 73.9 Å². The van der Waals surface area contributed by atoms with E-state index in [9.17, 15) is 4.39 Å². The first-order valence-electron chi connectivity index (χ1n) is 2.99. The molecule has 1 rings (SSSR count). The van der Waals surface area contributed by atoms with E-state index in [1.54, 1.807) is 0 Å². The van der Waals surface area contributed by atoms with E-state index in [4.69, 9.17) is 28.9 Å². The number of rotatable bonds is 1. The summed E-state index contributed by atoms with van der Waals surface area (Å²) in [5, 5.41) is 0.365. The molecule has 0 aromatic heterocycles. The third-order valence-corrected chi connectivity index (χ3v) is 1.99. The summed E-state index contributed by atoms with van der Waals surface area (Å²) in [6.45, 7) is 0.0607. The maximum absolute atomic E-state index is 13.0. The molecule has 0 saturated carbocycles. The van der Waals surface area contributed by atoms with Gasteiger partial charge in [-0.2, -0.15) is 0 Å². The molecule has 0 aliphatic heterocycles. The molecule has 0 amide bonds. The first-order valence-corrected chi connectivity index (χ1v) is 3.75. The van der Waals surface area contributed by atoms with Crippen LogP contribution in [0.3, 0.4) is 0 Å². The molecule has 0 bridgehead atoms. The largest absolute Gasteiger partial charge is 0.326 e. The summed E-state index contributed by atoms with van der Waals surface area (Å²) >= 11 is 11.1. The maximum atomic E-state index is 13.0. The fraction of sp³-hybridized carbons (Fsp3) is 0.143. The molecule has 0 radical (unpaired) electrons. The average Bonchev–Trinajstić information content (AvgIpc) is 1.99. The van der Waals surface area contributed by atoms with Crippen LogP contribution in [-0.2, 0) is 6.54 Å². The molecule has 0 aliphatic carbocycles. The second-order valence-electron chi connectivity index (χ2n) is 2.03. The van der Waals surface area contributed by atoms with Crippen LogP contribution in [0.15, 0.2) is 12.1 Å². The van der Waals surface area contributed by atoms with Crippen LogP contribution in [0.2, 0.25) is 10.0 Å². The van der Waals surface area contributed by atoms with Gasteiger partial charge in [0.1, 0.15) is 5.82 Å². The van der Waals surface area contributed by atoms with Gasteiger partial charge in [-0.1, -0.05) is 23.2 Å². The van der Waals surface area contributed by atoms with E-state index in [2.05, 4.69) is 0 Å². The molecule has 0 unspecified atom stereocenters. The van der Waals surface area contributed by atoms with Gasteiger partial charge < -0.3 is 5.73 Å². The minimum Gasteiger partial charge on any atom is -0.326 e.